The topological polar surface area (TPSA) is 177 Å². The van der Waals surface area contributed by atoms with Crippen LogP contribution in [0.25, 0.3) is 0 Å². The average Bonchev–Trinajstić information content (AvgIpc) is 3.50. The Hall–Kier alpha value is -2.57. The molecule has 0 saturated carbocycles. The van der Waals surface area contributed by atoms with Gasteiger partial charge in [0.25, 0.3) is 16.9 Å². The summed E-state index contributed by atoms with van der Waals surface area (Å²) in [6, 6.07) is 2.13. The van der Waals surface area contributed by atoms with Crippen molar-refractivity contribution in [1.29, 1.82) is 0 Å². The third kappa shape index (κ3) is 5.49. The van der Waals surface area contributed by atoms with Crippen LogP contribution in [0.1, 0.15) is 16.2 Å². The lowest BCUT2D eigenvalue weighted by atomic mass is 10.0. The van der Waals surface area contributed by atoms with Crippen LogP contribution in [0.15, 0.2) is 44.6 Å². The van der Waals surface area contributed by atoms with E-state index in [1.54, 1.807) is 6.07 Å². The Balaban J connectivity index is 0.00000342. The zero-order chi connectivity index (χ0) is 24.4. The van der Waals surface area contributed by atoms with Crippen LogP contribution in [0.3, 0.4) is 0 Å². The van der Waals surface area contributed by atoms with Crippen molar-refractivity contribution in [2.24, 2.45) is 5.16 Å². The summed E-state index contributed by atoms with van der Waals surface area (Å²) >= 11 is 3.29. The predicted octanol–water partition coefficient (Wildman–Crippen LogP) is 1.60. The number of fused-ring (bicyclic) bond motifs is 1. The van der Waals surface area contributed by atoms with E-state index in [0.29, 0.717) is 5.57 Å². The minimum atomic E-state index is -1.29. The maximum Gasteiger partial charge on any atom is 0.352 e. The summed E-state index contributed by atoms with van der Waals surface area (Å²) in [5.74, 6) is -2.08. The number of aromatic nitrogens is 1. The zero-order valence-corrected chi connectivity index (χ0v) is 22.6. The van der Waals surface area contributed by atoms with Gasteiger partial charge in [-0.05, 0) is 17.7 Å². The summed E-state index contributed by atoms with van der Waals surface area (Å²) < 4.78 is 5.05. The Kier molecular flexibility index (Phi) is 8.84. The van der Waals surface area contributed by atoms with Gasteiger partial charge in [-0.25, -0.2) is 9.78 Å². The zero-order valence-electron chi connectivity index (χ0n) is 17.8. The molecule has 35 heavy (non-hydrogen) atoms. The molecule has 0 radical (unpaired) electrons. The molecular formula is C19H18IN5O7S3. The number of oxime groups is 1. The molecule has 0 aromatic carbocycles. The number of carboxylic acids is 1. The number of halogens is 1. The minimum Gasteiger partial charge on any atom is -0.477 e. The van der Waals surface area contributed by atoms with E-state index in [2.05, 4.69) is 15.5 Å². The first kappa shape index (κ1) is 27.0. The largest absolute Gasteiger partial charge is 0.477 e. The number of thiazole rings is 1. The number of nitrogens with two attached hydrogens (primary N) is 1. The minimum absolute atomic E-state index is 0. The Bertz CT molecular complexity index is 1210. The van der Waals surface area contributed by atoms with Gasteiger partial charge >= 0.3 is 5.97 Å². The highest BCUT2D eigenvalue weighted by atomic mass is 127. The molecule has 2 aromatic rings. The molecule has 4 heterocycles. The number of anilines is 1. The molecule has 4 rings (SSSR count). The third-order valence-corrected chi connectivity index (χ3v) is 7.77. The molecule has 16 heteroatoms. The first-order chi connectivity index (χ1) is 16.3. The van der Waals surface area contributed by atoms with Crippen LogP contribution in [-0.4, -0.2) is 73.6 Å². The van der Waals surface area contributed by atoms with Crippen LogP contribution < -0.4 is 11.1 Å². The fourth-order valence-corrected chi connectivity index (χ4v) is 6.14. The molecule has 12 nitrogen and oxygen atoms in total. The number of thioether (sulfide) groups is 2. The number of rotatable bonds is 8. The molecule has 2 aromatic heterocycles. The normalized spacial score (nSPS) is 19.4. The maximum absolute atomic E-state index is 12.8. The van der Waals surface area contributed by atoms with Gasteiger partial charge in [0.05, 0.1) is 6.26 Å². The molecule has 186 valence electrons. The summed E-state index contributed by atoms with van der Waals surface area (Å²) in [7, 11) is 1.26. The molecule has 0 spiro atoms. The Labute approximate surface area is 227 Å². The van der Waals surface area contributed by atoms with Gasteiger partial charge in [-0.3, -0.25) is 19.3 Å². The number of nitrogens with one attached hydrogen (secondary N) is 1. The van der Waals surface area contributed by atoms with Gasteiger partial charge in [-0.15, -0.1) is 47.1 Å². The van der Waals surface area contributed by atoms with Crippen molar-refractivity contribution in [3.05, 3.63) is 46.5 Å². The SMILES string of the molecule is CO/N=C(\C(=O)N[C@@H]1C(=O)N2C(C(=O)O)=C(CSC(=O)c3ccco3)CSC12)c1csc(N)n1.I. The molecule has 1 unspecified atom stereocenters. The molecule has 2 aliphatic rings. The number of carboxylic acid groups (broad SMARTS) is 1. The van der Waals surface area contributed by atoms with Crippen molar-refractivity contribution in [2.45, 2.75) is 11.4 Å². The van der Waals surface area contributed by atoms with Gasteiger partial charge in [-0.1, -0.05) is 16.9 Å². The monoisotopic (exact) mass is 651 g/mol. The molecule has 0 aliphatic carbocycles. The summed E-state index contributed by atoms with van der Waals surface area (Å²) in [5, 5.41) is 16.8. The van der Waals surface area contributed by atoms with Crippen LogP contribution >= 0.6 is 58.8 Å². The fourth-order valence-electron chi connectivity index (χ4n) is 3.31. The molecule has 2 atom stereocenters. The van der Waals surface area contributed by atoms with E-state index in [1.807, 2.05) is 0 Å². The summed E-state index contributed by atoms with van der Waals surface area (Å²) in [6.07, 6.45) is 1.37. The number of nitrogen functional groups attached to an aromatic ring is 1. The number of β-lactam (4-membered cyclic amide) rings is 1. The molecule has 1 saturated heterocycles. The Morgan fingerprint density at radius 1 is 1.46 bits per heavy atom. The number of carbonyl (C=O) groups excluding carboxylic acids is 3. The van der Waals surface area contributed by atoms with Gasteiger partial charge in [0.1, 0.15) is 29.9 Å². The molecule has 1 fully saturated rings. The highest BCUT2D eigenvalue weighted by molar-refractivity contribution is 14.0. The van der Waals surface area contributed by atoms with E-state index < -0.39 is 29.2 Å². The van der Waals surface area contributed by atoms with E-state index >= 15 is 0 Å². The smallest absolute Gasteiger partial charge is 0.352 e. The summed E-state index contributed by atoms with van der Waals surface area (Å²) in [4.78, 5) is 59.6. The predicted molar refractivity (Wildman–Crippen MR) is 141 cm³/mol. The van der Waals surface area contributed by atoms with Gasteiger partial charge in [0.2, 0.25) is 0 Å². The highest BCUT2D eigenvalue weighted by Gasteiger charge is 2.54. The van der Waals surface area contributed by atoms with Crippen molar-refractivity contribution in [1.82, 2.24) is 15.2 Å². The van der Waals surface area contributed by atoms with Crippen LogP contribution in [0.2, 0.25) is 0 Å². The third-order valence-electron chi connectivity index (χ3n) is 4.80. The number of furan rings is 1. The van der Waals surface area contributed by atoms with Crippen molar-refractivity contribution >= 4 is 92.6 Å². The lowest BCUT2D eigenvalue weighted by Crippen LogP contribution is -2.71. The van der Waals surface area contributed by atoms with E-state index in [1.165, 1.54) is 36.6 Å². The summed E-state index contributed by atoms with van der Waals surface area (Å²) in [6.45, 7) is 0. The second-order valence-electron chi connectivity index (χ2n) is 6.87. The van der Waals surface area contributed by atoms with E-state index in [-0.39, 0.29) is 68.6 Å². The average molecular weight is 651 g/mol. The van der Waals surface area contributed by atoms with Crippen molar-refractivity contribution in [2.75, 3.05) is 24.3 Å². The van der Waals surface area contributed by atoms with E-state index in [4.69, 9.17) is 15.0 Å². The standard InChI is InChI=1S/C19H17N5O7S3.HI/c1-30-23-11(9-7-34-19(20)21-9)14(25)22-12-15(26)24-13(17(27)28)8(5-32-16(12)24)6-33-18(29)10-3-2-4-31-10;/h2-4,7,12,16H,5-6H2,1H3,(H2,20,21)(H,22,25)(H,27,28);1H/b23-11-;/t12-,16?;/m1./s1. The van der Waals surface area contributed by atoms with Crippen LogP contribution in [-0.2, 0) is 19.2 Å². The van der Waals surface area contributed by atoms with Gasteiger partial charge in [0.15, 0.2) is 16.6 Å². The van der Waals surface area contributed by atoms with E-state index in [9.17, 15) is 24.3 Å². The fraction of sp³-hybridized carbons (Fsp3) is 0.263. The maximum atomic E-state index is 12.8. The lowest BCUT2D eigenvalue weighted by molar-refractivity contribution is -0.150. The number of hydrogen-bond acceptors (Lipinski definition) is 12. The molecule has 4 N–H and O–H groups in total. The van der Waals surface area contributed by atoms with Gasteiger partial charge < -0.3 is 25.4 Å². The van der Waals surface area contributed by atoms with Crippen LogP contribution in [0.5, 0.6) is 0 Å². The van der Waals surface area contributed by atoms with Crippen molar-refractivity contribution in [3.8, 4) is 0 Å². The number of nitrogens with zero attached hydrogens (tertiary/aromatic N) is 3. The van der Waals surface area contributed by atoms with Crippen LogP contribution in [0, 0.1) is 0 Å². The lowest BCUT2D eigenvalue weighted by Gasteiger charge is -2.49. The molecule has 0 bridgehead atoms. The highest BCUT2D eigenvalue weighted by Crippen LogP contribution is 2.41. The van der Waals surface area contributed by atoms with Gasteiger partial charge in [0, 0.05) is 16.9 Å². The second-order valence-corrected chi connectivity index (χ2v) is 9.81. The number of hydrogen-bond donors (Lipinski definition) is 3. The molecule has 2 aliphatic heterocycles. The quantitative estimate of drug-likeness (QED) is 0.164. The van der Waals surface area contributed by atoms with Crippen molar-refractivity contribution < 1.29 is 33.5 Å². The second kappa shape index (κ2) is 11.4. The molecular weight excluding hydrogens is 633 g/mol. The van der Waals surface area contributed by atoms with Crippen molar-refractivity contribution in [3.63, 3.8) is 0 Å². The number of amides is 2. The number of aliphatic carboxylic acids is 1. The Morgan fingerprint density at radius 2 is 2.23 bits per heavy atom. The van der Waals surface area contributed by atoms with Gasteiger partial charge in [-0.2, -0.15) is 0 Å². The number of carbonyl (C=O) groups is 4. The first-order valence-electron chi connectivity index (χ1n) is 9.55. The summed E-state index contributed by atoms with van der Waals surface area (Å²) in [5.41, 5.74) is 5.89. The molecule has 2 amide bonds. The first-order valence-corrected chi connectivity index (χ1v) is 12.5. The van der Waals surface area contributed by atoms with E-state index in [0.717, 1.165) is 28.0 Å². The Morgan fingerprint density at radius 3 is 2.83 bits per heavy atom. The van der Waals surface area contributed by atoms with Crippen LogP contribution in [0.4, 0.5) is 5.13 Å².